The van der Waals surface area contributed by atoms with Crippen molar-refractivity contribution in [1.29, 1.82) is 0 Å². The van der Waals surface area contributed by atoms with E-state index in [0.717, 1.165) is 39.4 Å². The number of aromatic nitrogens is 2. The maximum atomic E-state index is 14.3. The average molecular weight is 444 g/mol. The fraction of sp³-hybridized carbons (Fsp3) is 0.148. The minimum absolute atomic E-state index is 0.291. The van der Waals surface area contributed by atoms with Crippen LogP contribution in [0.5, 0.6) is 0 Å². The highest BCUT2D eigenvalue weighted by atomic mass is 19.1. The monoisotopic (exact) mass is 443 g/mol. The fourth-order valence-corrected chi connectivity index (χ4v) is 3.38. The Morgan fingerprint density at radius 2 is 1.88 bits per heavy atom. The molecule has 0 amide bonds. The normalized spacial score (nSPS) is 13.6. The van der Waals surface area contributed by atoms with Gasteiger partial charge in [0.2, 0.25) is 0 Å². The Kier molecular flexibility index (Phi) is 6.87. The van der Waals surface area contributed by atoms with Gasteiger partial charge < -0.3 is 16.4 Å². The molecule has 0 unspecified atom stereocenters. The lowest BCUT2D eigenvalue weighted by Gasteiger charge is -2.27. The number of aryl methyl sites for hydroxylation is 1. The van der Waals surface area contributed by atoms with Crippen molar-refractivity contribution < 1.29 is 4.39 Å². The predicted octanol–water partition coefficient (Wildman–Crippen LogP) is 4.99. The molecule has 0 spiro atoms. The highest BCUT2D eigenvalue weighted by Gasteiger charge is 2.23. The summed E-state index contributed by atoms with van der Waals surface area (Å²) in [5.41, 5.74) is 14.2. The van der Waals surface area contributed by atoms with E-state index in [-0.39, 0.29) is 5.82 Å². The van der Waals surface area contributed by atoms with Crippen molar-refractivity contribution in [2.45, 2.75) is 26.9 Å². The summed E-state index contributed by atoms with van der Waals surface area (Å²) in [5, 5.41) is 10.8. The van der Waals surface area contributed by atoms with Gasteiger partial charge in [-0.1, -0.05) is 39.0 Å². The second-order valence-electron chi connectivity index (χ2n) is 8.08. The molecule has 3 rings (SSSR count). The minimum atomic E-state index is -0.291. The van der Waals surface area contributed by atoms with Crippen LogP contribution >= 0.6 is 0 Å². The second kappa shape index (κ2) is 9.61. The van der Waals surface area contributed by atoms with Gasteiger partial charge in [0.1, 0.15) is 5.82 Å². The molecule has 0 saturated carbocycles. The molecule has 4 N–H and O–H groups in total. The molecule has 0 radical (unpaired) electrons. The van der Waals surface area contributed by atoms with Gasteiger partial charge in [-0.3, -0.25) is 0 Å². The highest BCUT2D eigenvalue weighted by molar-refractivity contribution is 5.67. The Morgan fingerprint density at radius 3 is 2.48 bits per heavy atom. The van der Waals surface area contributed by atoms with Crippen LogP contribution in [0.25, 0.3) is 5.70 Å². The number of benzene rings is 1. The quantitative estimate of drug-likeness (QED) is 0.453. The van der Waals surface area contributed by atoms with E-state index in [1.54, 1.807) is 18.3 Å². The van der Waals surface area contributed by atoms with Gasteiger partial charge >= 0.3 is 0 Å². The maximum absolute atomic E-state index is 14.3. The Bertz CT molecular complexity index is 1240. The van der Waals surface area contributed by atoms with Crippen molar-refractivity contribution in [3.8, 4) is 0 Å². The smallest absolute Gasteiger partial charge is 0.128 e. The van der Waals surface area contributed by atoms with Gasteiger partial charge in [0, 0.05) is 47.4 Å². The van der Waals surface area contributed by atoms with E-state index in [2.05, 4.69) is 48.6 Å². The molecule has 0 bridgehead atoms. The van der Waals surface area contributed by atoms with Crippen molar-refractivity contribution in [3.63, 3.8) is 0 Å². The van der Waals surface area contributed by atoms with Gasteiger partial charge in [0.15, 0.2) is 0 Å². The molecule has 0 aliphatic heterocycles. The topological polar surface area (TPSA) is 67.9 Å². The number of rotatable bonds is 10. The minimum Gasteiger partial charge on any atom is -0.397 e. The number of allylic oxidation sites excluding steroid dienone is 5. The van der Waals surface area contributed by atoms with Gasteiger partial charge in [-0.15, -0.1) is 0 Å². The third-order valence-electron chi connectivity index (χ3n) is 5.53. The molecular weight excluding hydrogens is 413 g/mol. The van der Waals surface area contributed by atoms with Crippen molar-refractivity contribution in [1.82, 2.24) is 20.4 Å². The van der Waals surface area contributed by atoms with Crippen LogP contribution < -0.4 is 16.4 Å². The summed E-state index contributed by atoms with van der Waals surface area (Å²) in [7, 11) is 0. The first-order chi connectivity index (χ1) is 15.6. The number of nitrogens with two attached hydrogens (primary N) is 1. The zero-order valence-electron chi connectivity index (χ0n) is 19.3. The lowest BCUT2D eigenvalue weighted by atomic mass is 9.90. The number of nitrogens with one attached hydrogen (secondary N) is 2. The molecule has 1 aromatic carbocycles. The first-order valence-corrected chi connectivity index (χ1v) is 10.5. The van der Waals surface area contributed by atoms with Gasteiger partial charge in [0.25, 0.3) is 0 Å². The number of hydrogen-bond acceptors (Lipinski definition) is 4. The Hall–Kier alpha value is -4.06. The molecule has 0 atom stereocenters. The summed E-state index contributed by atoms with van der Waals surface area (Å²) in [6, 6.07) is 6.93. The first kappa shape index (κ1) is 23.6. The maximum Gasteiger partial charge on any atom is 0.128 e. The van der Waals surface area contributed by atoms with Crippen LogP contribution in [0.1, 0.15) is 23.7 Å². The molecule has 170 valence electrons. The van der Waals surface area contributed by atoms with E-state index in [1.807, 2.05) is 30.7 Å². The summed E-state index contributed by atoms with van der Waals surface area (Å²) in [5.74, 6) is -0.291. The lowest BCUT2D eigenvalue weighted by molar-refractivity contribution is 0.599. The van der Waals surface area contributed by atoms with Gasteiger partial charge in [-0.2, -0.15) is 5.10 Å². The molecule has 0 saturated heterocycles. The Morgan fingerprint density at radius 1 is 1.15 bits per heavy atom. The first-order valence-electron chi connectivity index (χ1n) is 10.5. The molecule has 2 aromatic rings. The number of hydrogen-bond donors (Lipinski definition) is 3. The van der Waals surface area contributed by atoms with Gasteiger partial charge in [-0.25, -0.2) is 9.07 Å². The van der Waals surface area contributed by atoms with Crippen LogP contribution in [-0.4, -0.2) is 9.78 Å². The molecule has 6 heteroatoms. The van der Waals surface area contributed by atoms with E-state index in [0.29, 0.717) is 35.6 Å². The fourth-order valence-electron chi connectivity index (χ4n) is 3.38. The zero-order chi connectivity index (χ0) is 24.3. The summed E-state index contributed by atoms with van der Waals surface area (Å²) in [4.78, 5) is 0. The van der Waals surface area contributed by atoms with Crippen LogP contribution in [0.4, 0.5) is 4.39 Å². The van der Waals surface area contributed by atoms with E-state index < -0.39 is 0 Å². The van der Waals surface area contributed by atoms with Crippen molar-refractivity contribution in [2.24, 2.45) is 5.73 Å². The van der Waals surface area contributed by atoms with E-state index in [1.165, 1.54) is 6.07 Å². The third-order valence-corrected chi connectivity index (χ3v) is 5.53. The van der Waals surface area contributed by atoms with Crippen molar-refractivity contribution in [2.75, 3.05) is 0 Å². The largest absolute Gasteiger partial charge is 0.397 e. The number of halogens is 1. The standard InChI is InChI=1S/C27H30FN5/c1-16(2)25(33-18(4)10-11-32-33)12-17(3)21(7)30-14-22-8-9-24(28)23(13-22)15-31-27-20(6)19(5)26(27)29/h8-13,30-31H,1,3,5-7,14-15,29H2,2,4H3/b25-12-. The zero-order valence-corrected chi connectivity index (χ0v) is 19.3. The average Bonchev–Trinajstić information content (AvgIpc) is 3.21. The second-order valence-corrected chi connectivity index (χ2v) is 8.08. The van der Waals surface area contributed by atoms with E-state index in [4.69, 9.17) is 5.73 Å². The molecule has 1 aliphatic rings. The van der Waals surface area contributed by atoms with Crippen LogP contribution in [0.15, 0.2) is 109 Å². The molecular formula is C27H30FN5. The van der Waals surface area contributed by atoms with Gasteiger partial charge in [-0.05, 0) is 54.8 Å². The molecule has 1 aliphatic carbocycles. The van der Waals surface area contributed by atoms with E-state index in [9.17, 15) is 4.39 Å². The molecule has 33 heavy (non-hydrogen) atoms. The summed E-state index contributed by atoms with van der Waals surface area (Å²) in [6.07, 6.45) is 3.64. The highest BCUT2D eigenvalue weighted by Crippen LogP contribution is 2.32. The van der Waals surface area contributed by atoms with Crippen molar-refractivity contribution >= 4 is 5.70 Å². The van der Waals surface area contributed by atoms with Gasteiger partial charge in [0.05, 0.1) is 17.1 Å². The van der Waals surface area contributed by atoms with Crippen LogP contribution in [-0.2, 0) is 13.1 Å². The summed E-state index contributed by atoms with van der Waals surface area (Å²) >= 11 is 0. The molecule has 1 heterocycles. The summed E-state index contributed by atoms with van der Waals surface area (Å²) in [6.45, 7) is 24.6. The third kappa shape index (κ3) is 5.06. The van der Waals surface area contributed by atoms with E-state index >= 15 is 0 Å². The van der Waals surface area contributed by atoms with Crippen LogP contribution in [0.3, 0.4) is 0 Å². The Balaban J connectivity index is 1.65. The Labute approximate surface area is 194 Å². The lowest BCUT2D eigenvalue weighted by Crippen LogP contribution is -2.28. The molecule has 0 fully saturated rings. The predicted molar refractivity (Wildman–Crippen MR) is 134 cm³/mol. The van der Waals surface area contributed by atoms with Crippen LogP contribution in [0.2, 0.25) is 0 Å². The SMILES string of the molecule is C=C(/C=C(/C(=C)C)n1nccc1C)C(=C)NCc1ccc(F)c(CNC2=C(N)C(=C)C2=C)c1. The summed E-state index contributed by atoms with van der Waals surface area (Å²) < 4.78 is 16.1. The molecule has 5 nitrogen and oxygen atoms in total. The molecule has 1 aromatic heterocycles. The number of nitrogens with zero attached hydrogens (tertiary/aromatic N) is 2. The van der Waals surface area contributed by atoms with Crippen molar-refractivity contribution in [3.05, 3.63) is 131 Å². The van der Waals surface area contributed by atoms with Crippen LogP contribution in [0, 0.1) is 12.7 Å².